The summed E-state index contributed by atoms with van der Waals surface area (Å²) >= 11 is 0. The van der Waals surface area contributed by atoms with E-state index >= 15 is 0 Å². The van der Waals surface area contributed by atoms with Gasteiger partial charge in [0.05, 0.1) is 6.42 Å². The van der Waals surface area contributed by atoms with Gasteiger partial charge in [-0.05, 0) is 30.4 Å². The lowest BCUT2D eigenvalue weighted by atomic mass is 10.1. The van der Waals surface area contributed by atoms with Gasteiger partial charge in [-0.3, -0.25) is 4.79 Å². The van der Waals surface area contributed by atoms with Crippen LogP contribution in [0.1, 0.15) is 45.1 Å². The van der Waals surface area contributed by atoms with Crippen molar-refractivity contribution in [2.75, 3.05) is 12.3 Å². The summed E-state index contributed by atoms with van der Waals surface area (Å²) in [5.41, 5.74) is 7.62. The highest BCUT2D eigenvalue weighted by molar-refractivity contribution is 5.80. The van der Waals surface area contributed by atoms with E-state index in [-0.39, 0.29) is 5.91 Å². The third-order valence-corrected chi connectivity index (χ3v) is 4.04. The van der Waals surface area contributed by atoms with E-state index in [0.29, 0.717) is 18.4 Å². The Morgan fingerprint density at radius 1 is 1.30 bits per heavy atom. The van der Waals surface area contributed by atoms with Crippen molar-refractivity contribution < 1.29 is 4.79 Å². The molecule has 1 fully saturated rings. The molecule has 3 heteroatoms. The average Bonchev–Trinajstić information content (AvgIpc) is 2.92. The van der Waals surface area contributed by atoms with Crippen molar-refractivity contribution in [1.29, 1.82) is 0 Å². The van der Waals surface area contributed by atoms with Gasteiger partial charge < -0.3 is 10.6 Å². The summed E-state index contributed by atoms with van der Waals surface area (Å²) in [4.78, 5) is 14.8. The molecular formula is C17H26N2O. The van der Waals surface area contributed by atoms with Crippen molar-refractivity contribution >= 4 is 11.6 Å². The number of nitrogens with zero attached hydrogens (tertiary/aromatic N) is 1. The van der Waals surface area contributed by atoms with E-state index in [2.05, 4.69) is 18.7 Å². The standard InChI is InChI=1S/C17H26N2O/c1-13(2)12-19(15-8-4-5-9-15)17(20)11-14-7-3-6-10-16(14)18/h3,6-7,10,13,15H,4-5,8-9,11-12,18H2,1-2H3. The molecule has 0 atom stereocenters. The first-order chi connectivity index (χ1) is 9.58. The van der Waals surface area contributed by atoms with Crippen LogP contribution in [-0.4, -0.2) is 23.4 Å². The predicted octanol–water partition coefficient (Wildman–Crippen LogP) is 3.24. The van der Waals surface area contributed by atoms with Crippen LogP contribution in [0.4, 0.5) is 5.69 Å². The molecule has 0 saturated heterocycles. The highest BCUT2D eigenvalue weighted by atomic mass is 16.2. The van der Waals surface area contributed by atoms with Crippen molar-refractivity contribution in [1.82, 2.24) is 4.90 Å². The minimum atomic E-state index is 0.225. The van der Waals surface area contributed by atoms with Crippen LogP contribution in [-0.2, 0) is 11.2 Å². The van der Waals surface area contributed by atoms with Crippen LogP contribution in [0.15, 0.2) is 24.3 Å². The number of hydrogen-bond donors (Lipinski definition) is 1. The molecule has 0 radical (unpaired) electrons. The second-order valence-electron chi connectivity index (χ2n) is 6.25. The van der Waals surface area contributed by atoms with Crippen LogP contribution in [0, 0.1) is 5.92 Å². The zero-order chi connectivity index (χ0) is 14.5. The lowest BCUT2D eigenvalue weighted by molar-refractivity contribution is -0.133. The number of amides is 1. The molecule has 0 spiro atoms. The molecule has 1 amide bonds. The number of nitrogens with two attached hydrogens (primary N) is 1. The van der Waals surface area contributed by atoms with E-state index in [1.807, 2.05) is 24.3 Å². The third kappa shape index (κ3) is 3.75. The van der Waals surface area contributed by atoms with Crippen molar-refractivity contribution in [3.8, 4) is 0 Å². The van der Waals surface area contributed by atoms with Crippen molar-refractivity contribution in [2.45, 2.75) is 52.0 Å². The Morgan fingerprint density at radius 3 is 2.55 bits per heavy atom. The minimum Gasteiger partial charge on any atom is -0.398 e. The third-order valence-electron chi connectivity index (χ3n) is 4.04. The first kappa shape index (κ1) is 14.9. The SMILES string of the molecule is CC(C)CN(C(=O)Cc1ccccc1N)C1CCCC1. The zero-order valence-corrected chi connectivity index (χ0v) is 12.6. The Morgan fingerprint density at radius 2 is 1.95 bits per heavy atom. The Kier molecular flexibility index (Phi) is 5.05. The second kappa shape index (κ2) is 6.78. The van der Waals surface area contributed by atoms with Gasteiger partial charge in [0.15, 0.2) is 0 Å². The molecule has 3 nitrogen and oxygen atoms in total. The summed E-state index contributed by atoms with van der Waals surface area (Å²) in [6.45, 7) is 5.20. The van der Waals surface area contributed by atoms with Crippen LogP contribution in [0.3, 0.4) is 0 Å². The first-order valence-corrected chi connectivity index (χ1v) is 7.70. The van der Waals surface area contributed by atoms with Gasteiger partial charge in [0, 0.05) is 18.3 Å². The van der Waals surface area contributed by atoms with Crippen LogP contribution >= 0.6 is 0 Å². The predicted molar refractivity (Wildman–Crippen MR) is 83.4 cm³/mol. The molecule has 1 aliphatic rings. The summed E-state index contributed by atoms with van der Waals surface area (Å²) in [7, 11) is 0. The fraction of sp³-hybridized carbons (Fsp3) is 0.588. The molecule has 0 bridgehead atoms. The Bertz CT molecular complexity index is 450. The zero-order valence-electron chi connectivity index (χ0n) is 12.6. The van der Waals surface area contributed by atoms with E-state index in [1.165, 1.54) is 12.8 Å². The fourth-order valence-electron chi connectivity index (χ4n) is 3.02. The van der Waals surface area contributed by atoms with Crippen LogP contribution in [0.2, 0.25) is 0 Å². The van der Waals surface area contributed by atoms with Gasteiger partial charge in [-0.1, -0.05) is 44.9 Å². The van der Waals surface area contributed by atoms with Crippen LogP contribution in [0.25, 0.3) is 0 Å². The maximum Gasteiger partial charge on any atom is 0.227 e. The number of carbonyl (C=O) groups excluding carboxylic acids is 1. The van der Waals surface area contributed by atoms with E-state index in [9.17, 15) is 4.79 Å². The number of para-hydroxylation sites is 1. The van der Waals surface area contributed by atoms with Gasteiger partial charge in [-0.2, -0.15) is 0 Å². The summed E-state index contributed by atoms with van der Waals surface area (Å²) in [5, 5.41) is 0. The normalized spacial score (nSPS) is 15.8. The smallest absolute Gasteiger partial charge is 0.227 e. The number of carbonyl (C=O) groups is 1. The maximum atomic E-state index is 12.7. The molecular weight excluding hydrogens is 248 g/mol. The summed E-state index contributed by atoms with van der Waals surface area (Å²) in [6, 6.07) is 8.11. The quantitative estimate of drug-likeness (QED) is 0.838. The Balaban J connectivity index is 2.08. The van der Waals surface area contributed by atoms with Crippen molar-refractivity contribution in [3.05, 3.63) is 29.8 Å². The molecule has 0 aliphatic heterocycles. The average molecular weight is 274 g/mol. The molecule has 20 heavy (non-hydrogen) atoms. The fourth-order valence-corrected chi connectivity index (χ4v) is 3.02. The maximum absolute atomic E-state index is 12.7. The van der Waals surface area contributed by atoms with Crippen LogP contribution in [0.5, 0.6) is 0 Å². The lowest BCUT2D eigenvalue weighted by Gasteiger charge is -2.31. The number of hydrogen-bond acceptors (Lipinski definition) is 2. The highest BCUT2D eigenvalue weighted by Crippen LogP contribution is 2.25. The Labute approximate surface area is 122 Å². The van der Waals surface area contributed by atoms with Gasteiger partial charge in [0.1, 0.15) is 0 Å². The molecule has 1 aliphatic carbocycles. The van der Waals surface area contributed by atoms with Crippen molar-refractivity contribution in [2.24, 2.45) is 5.92 Å². The second-order valence-corrected chi connectivity index (χ2v) is 6.25. The monoisotopic (exact) mass is 274 g/mol. The Hall–Kier alpha value is -1.51. The summed E-state index contributed by atoms with van der Waals surface area (Å²) in [5.74, 6) is 0.733. The largest absolute Gasteiger partial charge is 0.398 e. The molecule has 2 rings (SSSR count). The summed E-state index contributed by atoms with van der Waals surface area (Å²) < 4.78 is 0. The topological polar surface area (TPSA) is 46.3 Å². The van der Waals surface area contributed by atoms with Gasteiger partial charge in [0.2, 0.25) is 5.91 Å². The molecule has 0 unspecified atom stereocenters. The number of nitrogen functional groups attached to an aromatic ring is 1. The highest BCUT2D eigenvalue weighted by Gasteiger charge is 2.27. The molecule has 1 saturated carbocycles. The minimum absolute atomic E-state index is 0.225. The van der Waals surface area contributed by atoms with E-state index in [1.54, 1.807) is 0 Å². The van der Waals surface area contributed by atoms with E-state index < -0.39 is 0 Å². The van der Waals surface area contributed by atoms with E-state index in [4.69, 9.17) is 5.73 Å². The van der Waals surface area contributed by atoms with Gasteiger partial charge in [0.25, 0.3) is 0 Å². The molecule has 2 N–H and O–H groups in total. The molecule has 110 valence electrons. The number of anilines is 1. The molecule has 1 aromatic rings. The number of rotatable bonds is 5. The van der Waals surface area contributed by atoms with Gasteiger partial charge in [-0.15, -0.1) is 0 Å². The van der Waals surface area contributed by atoms with Gasteiger partial charge in [-0.25, -0.2) is 0 Å². The lowest BCUT2D eigenvalue weighted by Crippen LogP contribution is -2.42. The first-order valence-electron chi connectivity index (χ1n) is 7.70. The van der Waals surface area contributed by atoms with Gasteiger partial charge >= 0.3 is 0 Å². The van der Waals surface area contributed by atoms with E-state index in [0.717, 1.165) is 30.6 Å². The summed E-state index contributed by atoms with van der Waals surface area (Å²) in [6.07, 6.45) is 5.24. The molecule has 0 heterocycles. The van der Waals surface area contributed by atoms with Crippen molar-refractivity contribution in [3.63, 3.8) is 0 Å². The molecule has 1 aromatic carbocycles. The van der Waals surface area contributed by atoms with Crippen LogP contribution < -0.4 is 5.73 Å². The number of benzene rings is 1. The molecule has 0 aromatic heterocycles.